The summed E-state index contributed by atoms with van der Waals surface area (Å²) in [5.74, 6) is -1.30. The van der Waals surface area contributed by atoms with E-state index < -0.39 is 25.1 Å². The number of aliphatic hydroxyl groups excluding tert-OH is 3. The Labute approximate surface area is 51.8 Å². The topological polar surface area (TPSA) is 101 Å². The molecule has 0 bridgehead atoms. The zero-order chi connectivity index (χ0) is 7.44. The number of rotatable bonds is 3. The highest BCUT2D eigenvalue weighted by Crippen LogP contribution is 2.03. The fourth-order valence-electron chi connectivity index (χ4n) is 0.343. The molecule has 0 spiro atoms. The first kappa shape index (κ1) is 8.80. The molecule has 5 heteroatoms. The van der Waals surface area contributed by atoms with E-state index in [-0.39, 0.29) is 0 Å². The molecular formula is C4H10O5. The van der Waals surface area contributed by atoms with E-state index in [4.69, 9.17) is 25.5 Å². The van der Waals surface area contributed by atoms with Crippen LogP contribution in [0, 0.1) is 5.92 Å². The van der Waals surface area contributed by atoms with Crippen LogP contribution in [-0.2, 0) is 0 Å². The molecule has 0 fully saturated rings. The molecule has 0 aliphatic carbocycles. The van der Waals surface area contributed by atoms with Crippen molar-refractivity contribution in [3.8, 4) is 0 Å². The fraction of sp³-hybridized carbons (Fsp3) is 1.00. The molecule has 0 amide bonds. The fourth-order valence-corrected chi connectivity index (χ4v) is 0.343. The van der Waals surface area contributed by atoms with Gasteiger partial charge in [-0.1, -0.05) is 0 Å². The molecule has 0 unspecified atom stereocenters. The molecule has 0 heterocycles. The molecule has 0 saturated heterocycles. The molecule has 9 heavy (non-hydrogen) atoms. The predicted octanol–water partition coefficient (Wildman–Crippen LogP) is -2.78. The van der Waals surface area contributed by atoms with Gasteiger partial charge in [0.15, 0.2) is 12.6 Å². The molecule has 0 aromatic rings. The molecule has 0 aliphatic rings. The minimum atomic E-state index is -1.89. The van der Waals surface area contributed by atoms with Gasteiger partial charge in [-0.2, -0.15) is 0 Å². The second-order valence-corrected chi connectivity index (χ2v) is 1.67. The molecule has 0 aromatic carbocycles. The van der Waals surface area contributed by atoms with E-state index in [9.17, 15) is 0 Å². The molecular weight excluding hydrogens is 128 g/mol. The lowest BCUT2D eigenvalue weighted by Gasteiger charge is -2.16. The third-order valence-electron chi connectivity index (χ3n) is 0.977. The van der Waals surface area contributed by atoms with Gasteiger partial charge in [0.2, 0.25) is 0 Å². The van der Waals surface area contributed by atoms with Crippen LogP contribution in [0.4, 0.5) is 0 Å². The summed E-state index contributed by atoms with van der Waals surface area (Å²) in [5.41, 5.74) is 0. The summed E-state index contributed by atoms with van der Waals surface area (Å²) in [7, 11) is 0. The second kappa shape index (κ2) is 3.76. The minimum Gasteiger partial charge on any atom is -0.396 e. The van der Waals surface area contributed by atoms with Crippen molar-refractivity contribution >= 4 is 0 Å². The average Bonchev–Trinajstić information content (AvgIpc) is 1.64. The first-order valence-electron chi connectivity index (χ1n) is 2.42. The zero-order valence-corrected chi connectivity index (χ0v) is 4.68. The van der Waals surface area contributed by atoms with Gasteiger partial charge in [0.1, 0.15) is 0 Å². The van der Waals surface area contributed by atoms with Crippen LogP contribution in [0.5, 0.6) is 0 Å². The Kier molecular flexibility index (Phi) is 3.67. The molecule has 5 N–H and O–H groups in total. The highest BCUT2D eigenvalue weighted by molar-refractivity contribution is 4.59. The van der Waals surface area contributed by atoms with Gasteiger partial charge in [0.05, 0.1) is 12.5 Å². The van der Waals surface area contributed by atoms with Crippen molar-refractivity contribution in [1.29, 1.82) is 0 Å². The maximum atomic E-state index is 8.26. The first-order chi connectivity index (χ1) is 4.09. The molecule has 0 saturated carbocycles. The van der Waals surface area contributed by atoms with Crippen LogP contribution in [0.2, 0.25) is 0 Å². The molecule has 56 valence electrons. The van der Waals surface area contributed by atoms with E-state index in [1.807, 2.05) is 0 Å². The molecule has 0 aromatic heterocycles. The molecule has 0 rings (SSSR count). The van der Waals surface area contributed by atoms with E-state index in [1.54, 1.807) is 0 Å². The monoisotopic (exact) mass is 138 g/mol. The van der Waals surface area contributed by atoms with Crippen LogP contribution in [0.15, 0.2) is 0 Å². The number of hydrogen-bond donors (Lipinski definition) is 5. The quantitative estimate of drug-likeness (QED) is 0.271. The summed E-state index contributed by atoms with van der Waals surface area (Å²) in [5, 5.41) is 41.3. The Balaban J connectivity index is 3.68. The average molecular weight is 138 g/mol. The highest BCUT2D eigenvalue weighted by atomic mass is 16.5. The molecule has 0 aliphatic heterocycles. The van der Waals surface area contributed by atoms with Crippen LogP contribution in [-0.4, -0.2) is 44.7 Å². The Morgan fingerprint density at radius 1 is 0.889 bits per heavy atom. The van der Waals surface area contributed by atoms with Crippen LogP contribution in [0.3, 0.4) is 0 Å². The Morgan fingerprint density at radius 3 is 1.22 bits per heavy atom. The lowest BCUT2D eigenvalue weighted by Crippen LogP contribution is -2.34. The number of hydrogen-bond acceptors (Lipinski definition) is 5. The number of aliphatic hydroxyl groups is 5. The van der Waals surface area contributed by atoms with E-state index in [1.165, 1.54) is 0 Å². The van der Waals surface area contributed by atoms with E-state index in [0.29, 0.717) is 0 Å². The second-order valence-electron chi connectivity index (χ2n) is 1.67. The molecule has 0 atom stereocenters. The summed E-state index contributed by atoms with van der Waals surface area (Å²) < 4.78 is 0. The predicted molar refractivity (Wildman–Crippen MR) is 27.0 cm³/mol. The zero-order valence-electron chi connectivity index (χ0n) is 4.68. The van der Waals surface area contributed by atoms with Gasteiger partial charge in [-0.15, -0.1) is 0 Å². The van der Waals surface area contributed by atoms with Crippen LogP contribution in [0.25, 0.3) is 0 Å². The van der Waals surface area contributed by atoms with Crippen molar-refractivity contribution in [1.82, 2.24) is 0 Å². The maximum Gasteiger partial charge on any atom is 0.161 e. The van der Waals surface area contributed by atoms with Gasteiger partial charge in [-0.25, -0.2) is 0 Å². The summed E-state index contributed by atoms with van der Waals surface area (Å²) in [4.78, 5) is 0. The van der Waals surface area contributed by atoms with Crippen molar-refractivity contribution in [3.05, 3.63) is 0 Å². The van der Waals surface area contributed by atoms with Gasteiger partial charge in [-0.05, 0) is 0 Å². The van der Waals surface area contributed by atoms with E-state index >= 15 is 0 Å². The summed E-state index contributed by atoms with van der Waals surface area (Å²) >= 11 is 0. The Bertz CT molecular complexity index is 63.4. The SMILES string of the molecule is OCC(C(O)O)C(O)O. The summed E-state index contributed by atoms with van der Waals surface area (Å²) in [6.45, 7) is -0.671. The van der Waals surface area contributed by atoms with Gasteiger partial charge >= 0.3 is 0 Å². The van der Waals surface area contributed by atoms with Gasteiger partial charge in [0.25, 0.3) is 0 Å². The lowest BCUT2D eigenvalue weighted by molar-refractivity contribution is -0.188. The van der Waals surface area contributed by atoms with Gasteiger partial charge < -0.3 is 25.5 Å². The van der Waals surface area contributed by atoms with Crippen molar-refractivity contribution in [3.63, 3.8) is 0 Å². The van der Waals surface area contributed by atoms with Gasteiger partial charge in [0, 0.05) is 0 Å². The van der Waals surface area contributed by atoms with Crippen molar-refractivity contribution in [2.45, 2.75) is 12.6 Å². The Morgan fingerprint density at radius 2 is 1.22 bits per heavy atom. The van der Waals surface area contributed by atoms with E-state index in [0.717, 1.165) is 0 Å². The molecule has 0 radical (unpaired) electrons. The smallest absolute Gasteiger partial charge is 0.161 e. The first-order valence-corrected chi connectivity index (χ1v) is 2.42. The Hall–Kier alpha value is -0.200. The third kappa shape index (κ3) is 2.73. The largest absolute Gasteiger partial charge is 0.396 e. The standard InChI is InChI=1S/C4H10O5/c5-1-2(3(6)7)4(8)9/h2-9H,1H2. The van der Waals surface area contributed by atoms with Crippen molar-refractivity contribution in [2.24, 2.45) is 5.92 Å². The lowest BCUT2D eigenvalue weighted by atomic mass is 10.1. The normalized spacial score (nSPS) is 12.0. The summed E-state index contributed by atoms with van der Waals surface area (Å²) in [6.07, 6.45) is -3.79. The summed E-state index contributed by atoms with van der Waals surface area (Å²) in [6, 6.07) is 0. The van der Waals surface area contributed by atoms with Crippen LogP contribution < -0.4 is 0 Å². The van der Waals surface area contributed by atoms with Gasteiger partial charge in [-0.3, -0.25) is 0 Å². The highest BCUT2D eigenvalue weighted by Gasteiger charge is 2.22. The van der Waals surface area contributed by atoms with Crippen LogP contribution >= 0.6 is 0 Å². The van der Waals surface area contributed by atoms with E-state index in [2.05, 4.69) is 0 Å². The molecule has 5 nitrogen and oxygen atoms in total. The van der Waals surface area contributed by atoms with Crippen molar-refractivity contribution < 1.29 is 25.5 Å². The maximum absolute atomic E-state index is 8.26. The third-order valence-corrected chi connectivity index (χ3v) is 0.977. The van der Waals surface area contributed by atoms with Crippen LogP contribution in [0.1, 0.15) is 0 Å². The van der Waals surface area contributed by atoms with Crippen molar-refractivity contribution in [2.75, 3.05) is 6.61 Å². The minimum absolute atomic E-state index is 0.671.